The zero-order chi connectivity index (χ0) is 47.2. The normalized spacial score (nSPS) is 13.2. The summed E-state index contributed by atoms with van der Waals surface area (Å²) in [7, 11) is 3.41. The molecule has 0 saturated carbocycles. The molecule has 65 heavy (non-hydrogen) atoms. The smallest absolute Gasteiger partial charge is 0.179 e. The molecule has 0 aliphatic heterocycles. The van der Waals surface area contributed by atoms with Crippen LogP contribution in [-0.4, -0.2) is 65.8 Å². The molecule has 0 heterocycles. The highest BCUT2D eigenvalue weighted by molar-refractivity contribution is 4.89. The lowest BCUT2D eigenvalue weighted by Crippen LogP contribution is -2.22. The standard InChI is InChI=1S/C58H114O7/c1-7-11-43-51-61-57(62-52-44-12-8-2)49-41-37-33-29-25-21-17-15-19-23-27-31-35-39-47-55(59-5)65-56(60-6)48-40-36-32-28-24-20-16-18-22-26-30-34-38-42-50-58(63-53-45-13-9-3)64-54-46-14-10-4/h39-40,47-48,55-58H,7-38,41-46,49-54H2,1-6H3. The number of hydrogen-bond acceptors (Lipinski definition) is 7. The molecule has 0 spiro atoms. The van der Waals surface area contributed by atoms with E-state index in [1.165, 1.54) is 205 Å². The summed E-state index contributed by atoms with van der Waals surface area (Å²) in [4.78, 5) is 0. The van der Waals surface area contributed by atoms with E-state index in [4.69, 9.17) is 33.2 Å². The third-order valence-corrected chi connectivity index (χ3v) is 12.6. The van der Waals surface area contributed by atoms with Gasteiger partial charge in [0.05, 0.1) is 0 Å². The fourth-order valence-electron chi connectivity index (χ4n) is 8.28. The first kappa shape index (κ1) is 64.2. The number of rotatable bonds is 56. The predicted molar refractivity (Wildman–Crippen MR) is 280 cm³/mol. The lowest BCUT2D eigenvalue weighted by Gasteiger charge is -2.18. The van der Waals surface area contributed by atoms with Crippen LogP contribution in [0.5, 0.6) is 0 Å². The predicted octanol–water partition coefficient (Wildman–Crippen LogP) is 18.5. The Morgan fingerprint density at radius 1 is 0.292 bits per heavy atom. The molecule has 7 heteroatoms. The maximum Gasteiger partial charge on any atom is 0.179 e. The fraction of sp³-hybridized carbons (Fsp3) is 0.931. The van der Waals surface area contributed by atoms with Crippen LogP contribution in [0, 0.1) is 0 Å². The van der Waals surface area contributed by atoms with E-state index < -0.39 is 0 Å². The van der Waals surface area contributed by atoms with Gasteiger partial charge in [0.25, 0.3) is 0 Å². The van der Waals surface area contributed by atoms with Crippen LogP contribution in [0.3, 0.4) is 0 Å². The molecule has 0 aromatic heterocycles. The Bertz CT molecular complexity index is 832. The third-order valence-electron chi connectivity index (χ3n) is 12.6. The second kappa shape index (κ2) is 55.8. The van der Waals surface area contributed by atoms with Crippen LogP contribution in [0.25, 0.3) is 0 Å². The van der Waals surface area contributed by atoms with Crippen molar-refractivity contribution in [1.29, 1.82) is 0 Å². The highest BCUT2D eigenvalue weighted by atomic mass is 16.8. The molecule has 0 aromatic carbocycles. The third kappa shape index (κ3) is 49.4. The van der Waals surface area contributed by atoms with Crippen LogP contribution in [0.1, 0.15) is 285 Å². The maximum absolute atomic E-state index is 6.08. The van der Waals surface area contributed by atoms with Gasteiger partial charge in [-0.15, -0.1) is 0 Å². The van der Waals surface area contributed by atoms with Gasteiger partial charge < -0.3 is 33.2 Å². The summed E-state index contributed by atoms with van der Waals surface area (Å²) < 4.78 is 41.5. The van der Waals surface area contributed by atoms with Gasteiger partial charge in [-0.2, -0.15) is 0 Å². The number of hydrogen-bond donors (Lipinski definition) is 0. The molecule has 0 aliphatic rings. The van der Waals surface area contributed by atoms with Gasteiger partial charge in [-0.3, -0.25) is 0 Å². The highest BCUT2D eigenvalue weighted by Crippen LogP contribution is 2.18. The van der Waals surface area contributed by atoms with Crippen LogP contribution in [0.2, 0.25) is 0 Å². The number of allylic oxidation sites excluding steroid dienone is 2. The topological polar surface area (TPSA) is 64.6 Å². The van der Waals surface area contributed by atoms with Crippen LogP contribution in [0.15, 0.2) is 24.3 Å². The minimum Gasteiger partial charge on any atom is -0.353 e. The van der Waals surface area contributed by atoms with E-state index in [0.29, 0.717) is 0 Å². The number of methoxy groups -OCH3 is 2. The van der Waals surface area contributed by atoms with Gasteiger partial charge in [0.1, 0.15) is 0 Å². The maximum atomic E-state index is 6.08. The SMILES string of the molecule is CCCCCOC(CCCCCCCCCCCCCCC=CC(OC)OC(C=CCCCCCCCCCCCCCCC(OCCCCC)OCCCCC)OC)OCCCCC. The van der Waals surface area contributed by atoms with Gasteiger partial charge in [0, 0.05) is 40.6 Å². The Labute approximate surface area is 406 Å². The van der Waals surface area contributed by atoms with Crippen molar-refractivity contribution in [1.82, 2.24) is 0 Å². The second-order valence-electron chi connectivity index (χ2n) is 19.0. The summed E-state index contributed by atoms with van der Waals surface area (Å²) in [6, 6.07) is 0. The molecule has 0 amide bonds. The van der Waals surface area contributed by atoms with E-state index in [1.807, 2.05) is 12.2 Å². The molecule has 7 nitrogen and oxygen atoms in total. The van der Waals surface area contributed by atoms with E-state index in [-0.39, 0.29) is 25.2 Å². The Kier molecular flexibility index (Phi) is 55.1. The van der Waals surface area contributed by atoms with Crippen LogP contribution in [-0.2, 0) is 33.2 Å². The first-order valence-electron chi connectivity index (χ1n) is 28.7. The van der Waals surface area contributed by atoms with E-state index in [1.54, 1.807) is 14.2 Å². The van der Waals surface area contributed by atoms with Crippen molar-refractivity contribution >= 4 is 0 Å². The molecule has 0 bridgehead atoms. The molecule has 0 saturated heterocycles. The molecule has 2 unspecified atom stereocenters. The van der Waals surface area contributed by atoms with Crippen molar-refractivity contribution in [3.63, 3.8) is 0 Å². The average Bonchev–Trinajstić information content (AvgIpc) is 3.32. The van der Waals surface area contributed by atoms with Crippen molar-refractivity contribution in [3.8, 4) is 0 Å². The van der Waals surface area contributed by atoms with E-state index in [2.05, 4.69) is 39.8 Å². The minimum absolute atomic E-state index is 0.0104. The fourth-order valence-corrected chi connectivity index (χ4v) is 8.28. The summed E-state index contributed by atoms with van der Waals surface area (Å²) in [5.74, 6) is 0. The van der Waals surface area contributed by atoms with Gasteiger partial charge in [0.15, 0.2) is 25.2 Å². The van der Waals surface area contributed by atoms with Gasteiger partial charge in [-0.05, 0) is 89.2 Å². The lowest BCUT2D eigenvalue weighted by atomic mass is 10.0. The molecule has 0 radical (unpaired) electrons. The highest BCUT2D eigenvalue weighted by Gasteiger charge is 2.12. The zero-order valence-electron chi connectivity index (χ0n) is 44.6. The van der Waals surface area contributed by atoms with E-state index in [9.17, 15) is 0 Å². The Morgan fingerprint density at radius 2 is 0.538 bits per heavy atom. The largest absolute Gasteiger partial charge is 0.353 e. The van der Waals surface area contributed by atoms with Crippen molar-refractivity contribution in [2.45, 2.75) is 310 Å². The zero-order valence-corrected chi connectivity index (χ0v) is 44.6. The quantitative estimate of drug-likeness (QED) is 0.0342. The van der Waals surface area contributed by atoms with Gasteiger partial charge in [-0.25, -0.2) is 0 Å². The number of unbranched alkanes of at least 4 members (excludes halogenated alkanes) is 32. The summed E-state index contributed by atoms with van der Waals surface area (Å²) in [5.41, 5.74) is 0. The van der Waals surface area contributed by atoms with Crippen LogP contribution >= 0.6 is 0 Å². The van der Waals surface area contributed by atoms with Crippen LogP contribution < -0.4 is 0 Å². The van der Waals surface area contributed by atoms with Crippen molar-refractivity contribution in [3.05, 3.63) is 24.3 Å². The molecule has 0 fully saturated rings. The Hall–Kier alpha value is -0.800. The summed E-state index contributed by atoms with van der Waals surface area (Å²) in [6.45, 7) is 12.4. The molecule has 0 aliphatic carbocycles. The van der Waals surface area contributed by atoms with Gasteiger partial charge in [-0.1, -0.05) is 220 Å². The van der Waals surface area contributed by atoms with Gasteiger partial charge in [0.2, 0.25) is 0 Å². The monoisotopic (exact) mass is 923 g/mol. The van der Waals surface area contributed by atoms with Crippen molar-refractivity contribution in [2.24, 2.45) is 0 Å². The molecule has 388 valence electrons. The van der Waals surface area contributed by atoms with Crippen LogP contribution in [0.4, 0.5) is 0 Å². The van der Waals surface area contributed by atoms with E-state index >= 15 is 0 Å². The first-order chi connectivity index (χ1) is 32.1. The summed E-state index contributed by atoms with van der Waals surface area (Å²) in [5, 5.41) is 0. The second-order valence-corrected chi connectivity index (χ2v) is 19.0. The summed E-state index contributed by atoms with van der Waals surface area (Å²) in [6.07, 6.45) is 58.5. The van der Waals surface area contributed by atoms with Crippen molar-refractivity contribution < 1.29 is 33.2 Å². The first-order valence-corrected chi connectivity index (χ1v) is 28.7. The molecule has 0 N–H and O–H groups in total. The molecule has 2 atom stereocenters. The Balaban J connectivity index is 3.78. The van der Waals surface area contributed by atoms with E-state index in [0.717, 1.165) is 77.8 Å². The average molecular weight is 924 g/mol. The Morgan fingerprint density at radius 3 is 0.785 bits per heavy atom. The minimum atomic E-state index is -0.386. The summed E-state index contributed by atoms with van der Waals surface area (Å²) >= 11 is 0. The lowest BCUT2D eigenvalue weighted by molar-refractivity contribution is -0.188. The number of ether oxygens (including phenoxy) is 7. The van der Waals surface area contributed by atoms with Gasteiger partial charge >= 0.3 is 0 Å². The molecule has 0 rings (SSSR count). The molecule has 0 aromatic rings. The molecular formula is C58H114O7. The van der Waals surface area contributed by atoms with Crippen molar-refractivity contribution in [2.75, 3.05) is 40.6 Å². The molecular weight excluding hydrogens is 809 g/mol.